The van der Waals surface area contributed by atoms with Crippen LogP contribution in [-0.4, -0.2) is 18.4 Å². The van der Waals surface area contributed by atoms with Gasteiger partial charge in [0.15, 0.2) is 0 Å². The third-order valence-electron chi connectivity index (χ3n) is 1.10. The predicted molar refractivity (Wildman–Crippen MR) is 24.9 cm³/mol. The predicted octanol–water partition coefficient (Wildman–Crippen LogP) is 1.13. The lowest BCUT2D eigenvalue weighted by Crippen LogP contribution is -2.19. The van der Waals surface area contributed by atoms with Crippen molar-refractivity contribution in [1.82, 2.24) is 0 Å². The average molecular weight is 104 g/mol. The van der Waals surface area contributed by atoms with Crippen LogP contribution in [0.25, 0.3) is 0 Å². The topological polar surface area (TPSA) is 12.5 Å². The maximum absolute atomic E-state index is 12.4. The summed E-state index contributed by atoms with van der Waals surface area (Å²) >= 11 is 0. The Morgan fingerprint density at radius 3 is 2.14 bits per heavy atom. The zero-order valence-corrected chi connectivity index (χ0v) is 4.57. The molecule has 0 aromatic carbocycles. The van der Waals surface area contributed by atoms with Crippen LogP contribution in [0.5, 0.6) is 0 Å². The smallest absolute Gasteiger partial charge is 0.133 e. The SMILES string of the molecule is CC(C)(F)[C@H]1CO1. The third-order valence-corrected chi connectivity index (χ3v) is 1.10. The summed E-state index contributed by atoms with van der Waals surface area (Å²) in [6, 6.07) is 0. The summed E-state index contributed by atoms with van der Waals surface area (Å²) in [6.07, 6.45) is -0.118. The van der Waals surface area contributed by atoms with E-state index in [1.165, 1.54) is 13.8 Å². The van der Waals surface area contributed by atoms with Gasteiger partial charge in [0.2, 0.25) is 0 Å². The van der Waals surface area contributed by atoms with E-state index >= 15 is 0 Å². The molecule has 0 saturated carbocycles. The molecule has 1 aliphatic rings. The summed E-state index contributed by atoms with van der Waals surface area (Å²) in [7, 11) is 0. The number of hydrogen-bond donors (Lipinski definition) is 0. The Morgan fingerprint density at radius 1 is 1.71 bits per heavy atom. The van der Waals surface area contributed by atoms with Gasteiger partial charge in [0, 0.05) is 0 Å². The van der Waals surface area contributed by atoms with E-state index in [2.05, 4.69) is 0 Å². The summed E-state index contributed by atoms with van der Waals surface area (Å²) in [6.45, 7) is 3.67. The molecule has 0 aromatic heterocycles. The molecular weight excluding hydrogens is 95.1 g/mol. The molecule has 1 heterocycles. The maximum Gasteiger partial charge on any atom is 0.133 e. The zero-order valence-electron chi connectivity index (χ0n) is 4.57. The average Bonchev–Trinajstić information content (AvgIpc) is 1.99. The van der Waals surface area contributed by atoms with E-state index in [4.69, 9.17) is 4.74 Å². The number of ether oxygens (including phenoxy) is 1. The monoisotopic (exact) mass is 104 g/mol. The van der Waals surface area contributed by atoms with Gasteiger partial charge in [-0.25, -0.2) is 4.39 Å². The number of hydrogen-bond acceptors (Lipinski definition) is 1. The quantitative estimate of drug-likeness (QED) is 0.454. The second kappa shape index (κ2) is 1.19. The van der Waals surface area contributed by atoms with E-state index in [1.54, 1.807) is 0 Å². The van der Waals surface area contributed by atoms with Crippen LogP contribution in [0.2, 0.25) is 0 Å². The minimum atomic E-state index is -1.11. The molecule has 0 radical (unpaired) electrons. The molecule has 0 spiro atoms. The fourth-order valence-corrected chi connectivity index (χ4v) is 0.444. The highest BCUT2D eigenvalue weighted by atomic mass is 19.1. The lowest BCUT2D eigenvalue weighted by molar-refractivity contribution is 0.158. The lowest BCUT2D eigenvalue weighted by atomic mass is 10.1. The fraction of sp³-hybridized carbons (Fsp3) is 1.00. The highest BCUT2D eigenvalue weighted by molar-refractivity contribution is 4.86. The fourth-order valence-electron chi connectivity index (χ4n) is 0.444. The van der Waals surface area contributed by atoms with Crippen molar-refractivity contribution in [2.75, 3.05) is 6.61 Å². The van der Waals surface area contributed by atoms with Gasteiger partial charge >= 0.3 is 0 Å². The molecule has 0 N–H and O–H groups in total. The van der Waals surface area contributed by atoms with E-state index in [1.807, 2.05) is 0 Å². The molecule has 1 fully saturated rings. The summed E-state index contributed by atoms with van der Waals surface area (Å²) in [5, 5.41) is 0. The minimum Gasteiger partial charge on any atom is -0.370 e. The highest BCUT2D eigenvalue weighted by Gasteiger charge is 2.39. The van der Waals surface area contributed by atoms with Gasteiger partial charge in [-0.15, -0.1) is 0 Å². The second-order valence-corrected chi connectivity index (χ2v) is 2.39. The molecule has 7 heavy (non-hydrogen) atoms. The molecule has 1 aliphatic heterocycles. The number of alkyl halides is 1. The standard InChI is InChI=1S/C5H9FO/c1-5(2,6)4-3-7-4/h4H,3H2,1-2H3/t4-/m1/s1. The van der Waals surface area contributed by atoms with Crippen molar-refractivity contribution < 1.29 is 9.13 Å². The first-order valence-corrected chi connectivity index (χ1v) is 2.41. The molecule has 2 heteroatoms. The first-order valence-electron chi connectivity index (χ1n) is 2.41. The van der Waals surface area contributed by atoms with E-state index in [0.717, 1.165) is 0 Å². The van der Waals surface area contributed by atoms with Crippen molar-refractivity contribution in [2.24, 2.45) is 0 Å². The molecule has 1 rings (SSSR count). The molecule has 42 valence electrons. The van der Waals surface area contributed by atoms with Crippen molar-refractivity contribution in [3.63, 3.8) is 0 Å². The number of epoxide rings is 1. The molecule has 1 atom stereocenters. The van der Waals surface area contributed by atoms with Crippen LogP contribution in [0.3, 0.4) is 0 Å². The van der Waals surface area contributed by atoms with Crippen LogP contribution in [0.1, 0.15) is 13.8 Å². The van der Waals surface area contributed by atoms with Crippen LogP contribution >= 0.6 is 0 Å². The Morgan fingerprint density at radius 2 is 2.14 bits per heavy atom. The van der Waals surface area contributed by atoms with Gasteiger partial charge in [-0.1, -0.05) is 0 Å². The zero-order chi connectivity index (χ0) is 5.49. The van der Waals surface area contributed by atoms with Crippen molar-refractivity contribution >= 4 is 0 Å². The van der Waals surface area contributed by atoms with E-state index in [-0.39, 0.29) is 6.10 Å². The third kappa shape index (κ3) is 1.13. The highest BCUT2D eigenvalue weighted by Crippen LogP contribution is 2.26. The van der Waals surface area contributed by atoms with E-state index < -0.39 is 5.67 Å². The van der Waals surface area contributed by atoms with E-state index in [0.29, 0.717) is 6.61 Å². The first kappa shape index (κ1) is 5.04. The van der Waals surface area contributed by atoms with Gasteiger partial charge in [-0.2, -0.15) is 0 Å². The van der Waals surface area contributed by atoms with E-state index in [9.17, 15) is 4.39 Å². The molecule has 0 aromatic rings. The molecule has 0 amide bonds. The van der Waals surface area contributed by atoms with Crippen LogP contribution < -0.4 is 0 Å². The van der Waals surface area contributed by atoms with Crippen LogP contribution in [-0.2, 0) is 4.74 Å². The molecule has 1 saturated heterocycles. The summed E-state index contributed by atoms with van der Waals surface area (Å²) in [5.41, 5.74) is -1.11. The summed E-state index contributed by atoms with van der Waals surface area (Å²) in [4.78, 5) is 0. The Balaban J connectivity index is 2.36. The lowest BCUT2D eigenvalue weighted by Gasteiger charge is -2.07. The van der Waals surface area contributed by atoms with Gasteiger partial charge in [-0.05, 0) is 13.8 Å². The molecule has 0 unspecified atom stereocenters. The molecule has 0 aliphatic carbocycles. The van der Waals surface area contributed by atoms with Crippen molar-refractivity contribution in [3.05, 3.63) is 0 Å². The van der Waals surface area contributed by atoms with Gasteiger partial charge < -0.3 is 4.74 Å². The normalized spacial score (nSPS) is 30.4. The van der Waals surface area contributed by atoms with Gasteiger partial charge in [-0.3, -0.25) is 0 Å². The van der Waals surface area contributed by atoms with Gasteiger partial charge in [0.05, 0.1) is 6.61 Å². The molecule has 1 nitrogen and oxygen atoms in total. The maximum atomic E-state index is 12.4. The van der Waals surface area contributed by atoms with Crippen molar-refractivity contribution in [3.8, 4) is 0 Å². The Kier molecular flexibility index (Phi) is 0.854. The van der Waals surface area contributed by atoms with Crippen molar-refractivity contribution in [1.29, 1.82) is 0 Å². The Hall–Kier alpha value is -0.110. The van der Waals surface area contributed by atoms with Crippen LogP contribution in [0.4, 0.5) is 4.39 Å². The molecular formula is C5H9FO. The van der Waals surface area contributed by atoms with Gasteiger partial charge in [0.25, 0.3) is 0 Å². The van der Waals surface area contributed by atoms with Crippen molar-refractivity contribution in [2.45, 2.75) is 25.6 Å². The number of rotatable bonds is 1. The summed E-state index contributed by atoms with van der Waals surface area (Å²) in [5.74, 6) is 0. The second-order valence-electron chi connectivity index (χ2n) is 2.39. The Labute approximate surface area is 42.5 Å². The van der Waals surface area contributed by atoms with Crippen LogP contribution in [0, 0.1) is 0 Å². The summed E-state index contributed by atoms with van der Waals surface area (Å²) < 4.78 is 17.1. The number of halogens is 1. The molecule has 0 bridgehead atoms. The first-order chi connectivity index (χ1) is 3.11. The largest absolute Gasteiger partial charge is 0.370 e. The minimum absolute atomic E-state index is 0.118. The van der Waals surface area contributed by atoms with Crippen LogP contribution in [0.15, 0.2) is 0 Å². The Bertz CT molecular complexity index is 70.6. The van der Waals surface area contributed by atoms with Gasteiger partial charge in [0.1, 0.15) is 11.8 Å².